The largest absolute Gasteiger partial charge is 0.400 e. The maximum atomic E-state index is 5.21. The van der Waals surface area contributed by atoms with E-state index < -0.39 is 0 Å². The monoisotopic (exact) mass is 510 g/mol. The van der Waals surface area contributed by atoms with Crippen LogP contribution in [-0.2, 0) is 4.74 Å². The summed E-state index contributed by atoms with van der Waals surface area (Å²) in [5.41, 5.74) is 0. The van der Waals surface area contributed by atoms with Gasteiger partial charge in [-0.25, -0.2) is 0 Å². The number of ether oxygens (including phenoxy) is 1. The van der Waals surface area contributed by atoms with Gasteiger partial charge in [-0.15, -0.1) is 0 Å². The van der Waals surface area contributed by atoms with Crippen molar-refractivity contribution < 1.29 is 4.74 Å². The fraction of sp³-hybridized carbons (Fsp3) is 0.857. The van der Waals surface area contributed by atoms with E-state index in [0.29, 0.717) is 4.11 Å². The Morgan fingerprint density at radius 2 is 2.00 bits per heavy atom. The van der Waals surface area contributed by atoms with E-state index >= 15 is 0 Å². The van der Waals surface area contributed by atoms with Gasteiger partial charge >= 0.3 is 0 Å². The van der Waals surface area contributed by atoms with Crippen LogP contribution in [0.15, 0.2) is 0 Å². The summed E-state index contributed by atoms with van der Waals surface area (Å²) in [4.78, 5) is 0. The molecule has 1 fully saturated rings. The zero-order chi connectivity index (χ0) is 5.11. The molecule has 1 nitrogen and oxygen atoms in total. The summed E-state index contributed by atoms with van der Waals surface area (Å²) in [5, 5.41) is 0. The van der Waals surface area contributed by atoms with Crippen LogP contribution in [0.3, 0.4) is 0 Å². The van der Waals surface area contributed by atoms with Gasteiger partial charge in [-0.3, -0.25) is 6.42 Å². The molecule has 0 saturated carbocycles. The molecule has 0 N–H and O–H groups in total. The fourth-order valence-corrected chi connectivity index (χ4v) is 1.21. The molecule has 10 heavy (non-hydrogen) atoms. The van der Waals surface area contributed by atoms with Gasteiger partial charge in [-0.2, -0.15) is 6.42 Å². The van der Waals surface area contributed by atoms with Gasteiger partial charge in [0.05, 0.1) is 0 Å². The van der Waals surface area contributed by atoms with Crippen LogP contribution in [0.4, 0.5) is 0 Å². The smallest absolute Gasteiger partial charge is 0.0419 e. The van der Waals surface area contributed by atoms with Crippen LogP contribution in [-0.4, -0.2) is 10.7 Å². The molecule has 0 aromatic carbocycles. The van der Waals surface area contributed by atoms with Crippen LogP contribution < -0.4 is 0 Å². The summed E-state index contributed by atoms with van der Waals surface area (Å²) in [6.45, 7) is 0.949. The Bertz CT molecular complexity index is 55.6. The number of hydrogen-bond donors (Lipinski definition) is 0. The van der Waals surface area contributed by atoms with Crippen molar-refractivity contribution in [1.82, 2.24) is 0 Å². The minimum Gasteiger partial charge on any atom is -0.400 e. The Kier molecular flexibility index (Phi) is 14.2. The van der Waals surface area contributed by atoms with Crippen molar-refractivity contribution in [3.63, 3.8) is 0 Å². The van der Waals surface area contributed by atoms with E-state index in [1.54, 1.807) is 0 Å². The molecule has 3 heteroatoms. The van der Waals surface area contributed by atoms with E-state index in [2.05, 4.69) is 29.0 Å². The molecule has 0 spiro atoms. The molecule has 0 aromatic heterocycles. The van der Waals surface area contributed by atoms with Gasteiger partial charge in [0.15, 0.2) is 0 Å². The second-order valence-corrected chi connectivity index (χ2v) is 2.83. The molecule has 1 unspecified atom stereocenters. The quantitative estimate of drug-likeness (QED) is 0.277. The zero-order valence-corrected chi connectivity index (χ0v) is 13.3. The third-order valence-electron chi connectivity index (χ3n) is 0.978. The molecule has 0 bridgehead atoms. The molecule has 1 heterocycles. The summed E-state index contributed by atoms with van der Waals surface area (Å²) in [7, 11) is 0. The molecule has 1 atom stereocenters. The van der Waals surface area contributed by atoms with Crippen molar-refractivity contribution in [2.45, 2.75) is 31.8 Å². The van der Waals surface area contributed by atoms with Gasteiger partial charge in [-0.1, -0.05) is 43.9 Å². The van der Waals surface area contributed by atoms with Gasteiger partial charge in [0, 0.05) is 6.61 Å². The predicted octanol–water partition coefficient (Wildman–Crippen LogP) is 3.03. The normalized spacial score (nSPS) is 23.1. The maximum Gasteiger partial charge on any atom is 0.0419 e. The molecule has 1 aliphatic rings. The van der Waals surface area contributed by atoms with Crippen LogP contribution in [0.5, 0.6) is 0 Å². The number of rotatable bonds is 0. The second-order valence-electron chi connectivity index (χ2n) is 1.60. The van der Waals surface area contributed by atoms with Crippen molar-refractivity contribution in [3.8, 4) is 0 Å². The minimum atomic E-state index is 0. The van der Waals surface area contributed by atoms with Crippen molar-refractivity contribution >= 4 is 22.6 Å². The molecule has 1 aliphatic heterocycles. The summed E-state index contributed by atoms with van der Waals surface area (Å²) >= 11 is 2.28. The van der Waals surface area contributed by atoms with Crippen molar-refractivity contribution in [2.24, 2.45) is 0 Å². The standard InChI is InChI=1S/C5H8IO.2CH4.Rf/c6-5-3-1-2-4-7-5;;;/h3,5H,1-2,4H2;2*1H4;/q-1;;;. The fourth-order valence-electron chi connectivity index (χ4n) is 0.596. The Morgan fingerprint density at radius 3 is 2.20 bits per heavy atom. The first-order valence-electron chi connectivity index (χ1n) is 2.48. The topological polar surface area (TPSA) is 9.23 Å². The first-order chi connectivity index (χ1) is 3.39. The summed E-state index contributed by atoms with van der Waals surface area (Å²) in [5.74, 6) is 0. The second kappa shape index (κ2) is 8.69. The first-order valence-corrected chi connectivity index (χ1v) is 3.73. The van der Waals surface area contributed by atoms with Crippen LogP contribution in [0.1, 0.15) is 27.7 Å². The molecule has 1 saturated heterocycles. The van der Waals surface area contributed by atoms with Gasteiger partial charge < -0.3 is 4.74 Å². The van der Waals surface area contributed by atoms with Gasteiger partial charge in [0.1, 0.15) is 0 Å². The summed E-state index contributed by atoms with van der Waals surface area (Å²) < 4.78 is 5.59. The number of halogens is 1. The molecule has 0 aliphatic carbocycles. The third kappa shape index (κ3) is 5.82. The first kappa shape index (κ1) is 16.3. The van der Waals surface area contributed by atoms with Crippen molar-refractivity contribution in [3.05, 3.63) is 6.42 Å². The van der Waals surface area contributed by atoms with E-state index in [0.717, 1.165) is 6.61 Å². The molecule has 1 rings (SSSR count). The van der Waals surface area contributed by atoms with E-state index in [4.69, 9.17) is 4.74 Å². The molecule has 60 valence electrons. The van der Waals surface area contributed by atoms with E-state index in [1.165, 1.54) is 12.8 Å². The number of alkyl halides is 1. The molecule has 0 amide bonds. The zero-order valence-electron chi connectivity index (χ0n) is 4.77. The van der Waals surface area contributed by atoms with E-state index in [1.807, 2.05) is 0 Å². The van der Waals surface area contributed by atoms with Gasteiger partial charge in [0.25, 0.3) is 0 Å². The maximum absolute atomic E-state index is 5.21. The van der Waals surface area contributed by atoms with Gasteiger partial charge in [-0.05, 0) is 4.11 Å². The van der Waals surface area contributed by atoms with Crippen LogP contribution in [0, 0.1) is 6.42 Å². The molecule has 0 radical (unpaired) electrons. The molecular formula is C7H16IORf-. The predicted molar refractivity (Wildman–Crippen MR) is 50.8 cm³/mol. The Morgan fingerprint density at radius 1 is 1.40 bits per heavy atom. The summed E-state index contributed by atoms with van der Waals surface area (Å²) in [6.07, 6.45) is 4.64. The third-order valence-corrected chi connectivity index (χ3v) is 1.85. The van der Waals surface area contributed by atoms with Gasteiger partial charge in [0.2, 0.25) is 0 Å². The average molecular weight is 510 g/mol. The van der Waals surface area contributed by atoms with Crippen molar-refractivity contribution in [2.75, 3.05) is 6.61 Å². The Hall–Kier alpha value is -0.310. The van der Waals surface area contributed by atoms with Crippen molar-refractivity contribution in [1.29, 1.82) is 0 Å². The van der Waals surface area contributed by atoms with E-state index in [-0.39, 0.29) is 14.9 Å². The SMILES string of the molecule is C.C.IC1[CH-]CCCO1.[Rf]. The molecule has 0 aromatic rings. The minimum absolute atomic E-state index is 0. The molecular weight excluding hydrogens is 494 g/mol. The van der Waals surface area contributed by atoms with Crippen LogP contribution in [0.2, 0.25) is 0 Å². The average Bonchev–Trinajstić information content (AvgIpc) is 1.69. The Labute approximate surface area is 72.3 Å². The van der Waals surface area contributed by atoms with Crippen LogP contribution >= 0.6 is 22.6 Å². The Balaban J connectivity index is -0.000000163. The number of hydrogen-bond acceptors (Lipinski definition) is 1. The van der Waals surface area contributed by atoms with E-state index in [9.17, 15) is 0 Å². The summed E-state index contributed by atoms with van der Waals surface area (Å²) in [6, 6.07) is 0. The van der Waals surface area contributed by atoms with Crippen LogP contribution in [0.25, 0.3) is 0 Å².